The van der Waals surface area contributed by atoms with Crippen LogP contribution in [0.15, 0.2) is 42.5 Å². The lowest BCUT2D eigenvalue weighted by Gasteiger charge is -2.36. The van der Waals surface area contributed by atoms with E-state index in [9.17, 15) is 18.4 Å². The summed E-state index contributed by atoms with van der Waals surface area (Å²) in [4.78, 5) is 26.2. The number of hydrogen-bond donors (Lipinski definition) is 1. The maximum Gasteiger partial charge on any atom is 0.241 e. The van der Waals surface area contributed by atoms with Crippen LogP contribution in [-0.4, -0.2) is 23.7 Å². The Hall–Kier alpha value is -2.27. The molecule has 29 heavy (non-hydrogen) atoms. The molecule has 2 aliphatic rings. The van der Waals surface area contributed by atoms with Crippen molar-refractivity contribution in [2.45, 2.75) is 50.5 Å². The zero-order valence-electron chi connectivity index (χ0n) is 16.1. The number of aryl methyl sites for hydroxylation is 1. The van der Waals surface area contributed by atoms with Crippen molar-refractivity contribution in [2.24, 2.45) is 5.92 Å². The minimum atomic E-state index is -2.48. The highest BCUT2D eigenvalue weighted by Crippen LogP contribution is 2.43. The smallest absolute Gasteiger partial charge is 0.241 e. The third-order valence-corrected chi connectivity index (χ3v) is 6.52. The molecule has 1 saturated heterocycles. The Morgan fingerprint density at radius 2 is 1.79 bits per heavy atom. The molecule has 3 unspecified atom stereocenters. The summed E-state index contributed by atoms with van der Waals surface area (Å²) in [6.45, 7) is 1.86. The molecule has 152 valence electrons. The molecular formula is C23H22ClF2NO2. The summed E-state index contributed by atoms with van der Waals surface area (Å²) in [5.74, 6) is -2.47. The molecule has 0 radical (unpaired) electrons. The Balaban J connectivity index is 1.69. The van der Waals surface area contributed by atoms with E-state index in [-0.39, 0.29) is 18.1 Å². The van der Waals surface area contributed by atoms with E-state index in [0.29, 0.717) is 29.8 Å². The second kappa shape index (κ2) is 7.52. The zero-order valence-corrected chi connectivity index (χ0v) is 16.8. The molecule has 3 atom stereocenters. The molecule has 1 spiro atoms. The molecule has 0 bridgehead atoms. The second-order valence-electron chi connectivity index (χ2n) is 8.14. The number of benzene rings is 2. The fourth-order valence-electron chi connectivity index (χ4n) is 4.69. The van der Waals surface area contributed by atoms with E-state index in [0.717, 1.165) is 16.7 Å². The lowest BCUT2D eigenvalue weighted by Crippen LogP contribution is -2.51. The fourth-order valence-corrected chi connectivity index (χ4v) is 4.82. The standard InChI is InChI=1S/C23H22ClF2NO2/c1-13-4-5-15(14-6-8-17(24)9-7-14)11-18(13)19-20(28)23(27-22(19)29)10-2-3-16(12-23)21(25)26/h4-9,11,16,19,21H,2-3,10,12H2,1H3,(H,27,29). The second-order valence-corrected chi connectivity index (χ2v) is 8.57. The number of alkyl halides is 2. The molecule has 2 fully saturated rings. The number of carbonyl (C=O) groups excluding carboxylic acids is 2. The lowest BCUT2D eigenvalue weighted by molar-refractivity contribution is -0.126. The van der Waals surface area contributed by atoms with Crippen LogP contribution in [0.2, 0.25) is 5.02 Å². The number of carbonyl (C=O) groups is 2. The van der Waals surface area contributed by atoms with Crippen LogP contribution in [-0.2, 0) is 9.59 Å². The Labute approximate surface area is 173 Å². The normalized spacial score (nSPS) is 26.9. The molecule has 4 rings (SSSR count). The van der Waals surface area contributed by atoms with Gasteiger partial charge in [0.15, 0.2) is 5.78 Å². The Bertz CT molecular complexity index is 960. The van der Waals surface area contributed by atoms with E-state index < -0.39 is 23.8 Å². The number of Topliss-reactive ketones (excluding diaryl/α,β-unsaturated/α-hetero) is 1. The fraction of sp³-hybridized carbons (Fsp3) is 0.391. The highest BCUT2D eigenvalue weighted by molar-refractivity contribution is 6.30. The zero-order chi connectivity index (χ0) is 20.8. The van der Waals surface area contributed by atoms with Gasteiger partial charge in [0.1, 0.15) is 11.5 Å². The number of hydrogen-bond acceptors (Lipinski definition) is 2. The maximum atomic E-state index is 13.4. The van der Waals surface area contributed by atoms with Crippen molar-refractivity contribution in [3.05, 3.63) is 58.6 Å². The SMILES string of the molecule is Cc1ccc(-c2ccc(Cl)cc2)cc1C1C(=O)NC2(CCCC(C(F)F)C2)C1=O. The third-order valence-electron chi connectivity index (χ3n) is 6.27. The first-order valence-corrected chi connectivity index (χ1v) is 10.2. The van der Waals surface area contributed by atoms with Gasteiger partial charge in [-0.3, -0.25) is 9.59 Å². The van der Waals surface area contributed by atoms with Gasteiger partial charge >= 0.3 is 0 Å². The molecule has 1 aliphatic heterocycles. The maximum absolute atomic E-state index is 13.4. The van der Waals surface area contributed by atoms with E-state index in [4.69, 9.17) is 11.6 Å². The van der Waals surface area contributed by atoms with Gasteiger partial charge in [-0.05, 0) is 66.6 Å². The van der Waals surface area contributed by atoms with Gasteiger partial charge in [-0.2, -0.15) is 0 Å². The van der Waals surface area contributed by atoms with E-state index >= 15 is 0 Å². The average Bonchev–Trinajstić information content (AvgIpc) is 2.92. The number of nitrogens with one attached hydrogen (secondary N) is 1. The summed E-state index contributed by atoms with van der Waals surface area (Å²) >= 11 is 5.96. The van der Waals surface area contributed by atoms with Gasteiger partial charge in [-0.1, -0.05) is 42.3 Å². The number of rotatable bonds is 3. The quantitative estimate of drug-likeness (QED) is 0.689. The van der Waals surface area contributed by atoms with E-state index in [1.54, 1.807) is 12.1 Å². The number of ketones is 1. The van der Waals surface area contributed by atoms with Crippen LogP contribution < -0.4 is 5.32 Å². The third kappa shape index (κ3) is 3.57. The van der Waals surface area contributed by atoms with Crippen molar-refractivity contribution in [2.75, 3.05) is 0 Å². The largest absolute Gasteiger partial charge is 0.343 e. The molecule has 1 heterocycles. The molecule has 1 amide bonds. The van der Waals surface area contributed by atoms with Crippen LogP contribution in [0.3, 0.4) is 0 Å². The van der Waals surface area contributed by atoms with Crippen LogP contribution in [0.1, 0.15) is 42.7 Å². The lowest BCUT2D eigenvalue weighted by atomic mass is 9.72. The van der Waals surface area contributed by atoms with Crippen LogP contribution in [0.25, 0.3) is 11.1 Å². The molecule has 2 aromatic rings. The van der Waals surface area contributed by atoms with Crippen LogP contribution >= 0.6 is 11.6 Å². The Morgan fingerprint density at radius 3 is 2.48 bits per heavy atom. The molecule has 1 aliphatic carbocycles. The summed E-state index contributed by atoms with van der Waals surface area (Å²) < 4.78 is 26.6. The van der Waals surface area contributed by atoms with Gasteiger partial charge in [0.25, 0.3) is 0 Å². The minimum Gasteiger partial charge on any atom is -0.343 e. The number of halogens is 3. The highest BCUT2D eigenvalue weighted by atomic mass is 35.5. The average molecular weight is 418 g/mol. The summed E-state index contributed by atoms with van der Waals surface area (Å²) in [5.41, 5.74) is 2.10. The summed E-state index contributed by atoms with van der Waals surface area (Å²) in [6, 6.07) is 13.0. The molecular weight excluding hydrogens is 396 g/mol. The van der Waals surface area contributed by atoms with Gasteiger partial charge in [0, 0.05) is 10.9 Å². The van der Waals surface area contributed by atoms with Gasteiger partial charge in [0.2, 0.25) is 12.3 Å². The molecule has 1 N–H and O–H groups in total. The van der Waals surface area contributed by atoms with Gasteiger partial charge in [0.05, 0.1) is 0 Å². The first-order valence-electron chi connectivity index (χ1n) is 9.82. The van der Waals surface area contributed by atoms with E-state index in [2.05, 4.69) is 5.32 Å². The Morgan fingerprint density at radius 1 is 1.10 bits per heavy atom. The first kappa shape index (κ1) is 20.0. The van der Waals surface area contributed by atoms with Crippen LogP contribution in [0, 0.1) is 12.8 Å². The van der Waals surface area contributed by atoms with Crippen molar-refractivity contribution in [3.8, 4) is 11.1 Å². The summed E-state index contributed by atoms with van der Waals surface area (Å²) in [7, 11) is 0. The minimum absolute atomic E-state index is 0.0155. The van der Waals surface area contributed by atoms with Gasteiger partial charge < -0.3 is 5.32 Å². The monoisotopic (exact) mass is 417 g/mol. The highest BCUT2D eigenvalue weighted by Gasteiger charge is 2.55. The molecule has 0 aromatic heterocycles. The van der Waals surface area contributed by atoms with Gasteiger partial charge in [-0.15, -0.1) is 0 Å². The van der Waals surface area contributed by atoms with Crippen molar-refractivity contribution in [1.29, 1.82) is 0 Å². The topological polar surface area (TPSA) is 46.2 Å². The first-order chi connectivity index (χ1) is 13.8. The summed E-state index contributed by atoms with van der Waals surface area (Å²) in [6.07, 6.45) is -1.14. The Kier molecular flexibility index (Phi) is 5.19. The van der Waals surface area contributed by atoms with Crippen molar-refractivity contribution < 1.29 is 18.4 Å². The molecule has 6 heteroatoms. The summed E-state index contributed by atoms with van der Waals surface area (Å²) in [5, 5.41) is 3.43. The molecule has 1 saturated carbocycles. The van der Waals surface area contributed by atoms with Crippen LogP contribution in [0.4, 0.5) is 8.78 Å². The molecule has 2 aromatic carbocycles. The van der Waals surface area contributed by atoms with Crippen molar-refractivity contribution in [1.82, 2.24) is 5.32 Å². The van der Waals surface area contributed by atoms with Crippen LogP contribution in [0.5, 0.6) is 0 Å². The van der Waals surface area contributed by atoms with Crippen molar-refractivity contribution >= 4 is 23.3 Å². The van der Waals surface area contributed by atoms with Crippen molar-refractivity contribution in [3.63, 3.8) is 0 Å². The van der Waals surface area contributed by atoms with E-state index in [1.807, 2.05) is 37.3 Å². The predicted molar refractivity (Wildman–Crippen MR) is 108 cm³/mol. The molecule has 3 nitrogen and oxygen atoms in total. The van der Waals surface area contributed by atoms with E-state index in [1.165, 1.54) is 0 Å². The van der Waals surface area contributed by atoms with Gasteiger partial charge in [-0.25, -0.2) is 8.78 Å². The predicted octanol–water partition coefficient (Wildman–Crippen LogP) is 5.29. The number of amides is 1.